The summed E-state index contributed by atoms with van der Waals surface area (Å²) in [5, 5.41) is 5.02. The summed E-state index contributed by atoms with van der Waals surface area (Å²) in [7, 11) is 0. The molecule has 32 heavy (non-hydrogen) atoms. The average molecular weight is 436 g/mol. The van der Waals surface area contributed by atoms with E-state index in [-0.39, 0.29) is 11.8 Å². The topological polar surface area (TPSA) is 94.6 Å². The Balaban J connectivity index is 1.42. The number of benzene rings is 1. The first-order chi connectivity index (χ1) is 15.4. The maximum atomic E-state index is 13.0. The second-order valence-electron chi connectivity index (χ2n) is 8.36. The molecule has 8 heteroatoms. The average Bonchev–Trinajstić information content (AvgIpc) is 3.12. The van der Waals surface area contributed by atoms with Crippen LogP contribution in [-0.2, 0) is 16.8 Å². The zero-order valence-corrected chi connectivity index (χ0v) is 18.8. The number of piperazine rings is 1. The van der Waals surface area contributed by atoms with Crippen molar-refractivity contribution >= 4 is 23.7 Å². The summed E-state index contributed by atoms with van der Waals surface area (Å²) < 4.78 is 0. The van der Waals surface area contributed by atoms with Gasteiger partial charge in [-0.05, 0) is 48.6 Å². The van der Waals surface area contributed by atoms with Crippen LogP contribution >= 0.6 is 0 Å². The highest BCUT2D eigenvalue weighted by atomic mass is 16.2. The molecule has 0 unspecified atom stereocenters. The van der Waals surface area contributed by atoms with Crippen LogP contribution in [0, 0.1) is 6.92 Å². The van der Waals surface area contributed by atoms with Gasteiger partial charge in [-0.2, -0.15) is 0 Å². The molecule has 4 rings (SSSR count). The van der Waals surface area contributed by atoms with Gasteiger partial charge in [0.05, 0.1) is 0 Å². The molecule has 2 aliphatic heterocycles. The normalized spacial score (nSPS) is 20.8. The number of nitrogens with zero attached hydrogens (tertiary/aromatic N) is 3. The molecule has 2 aromatic rings. The number of aromatic nitrogens is 1. The molecule has 1 atom stereocenters. The zero-order chi connectivity index (χ0) is 22.9. The molecule has 2 saturated heterocycles. The molecule has 2 N–H and O–H groups in total. The monoisotopic (exact) mass is 435 g/mol. The molecule has 2 fully saturated rings. The van der Waals surface area contributed by atoms with E-state index < -0.39 is 11.6 Å². The van der Waals surface area contributed by atoms with Gasteiger partial charge in [-0.25, -0.2) is 9.78 Å². The van der Waals surface area contributed by atoms with Gasteiger partial charge < -0.3 is 15.1 Å². The third kappa shape index (κ3) is 3.81. The second-order valence-corrected chi connectivity index (χ2v) is 8.36. The summed E-state index contributed by atoms with van der Waals surface area (Å²) in [6.45, 7) is 8.74. The van der Waals surface area contributed by atoms with Crippen molar-refractivity contribution < 1.29 is 14.4 Å². The van der Waals surface area contributed by atoms with Crippen molar-refractivity contribution in [2.24, 2.45) is 0 Å². The van der Waals surface area contributed by atoms with Crippen molar-refractivity contribution in [2.75, 3.05) is 31.1 Å². The number of imide groups is 1. The minimum Gasteiger partial charge on any atom is -0.353 e. The molecular formula is C24H29N5O3. The molecule has 4 amide bonds. The van der Waals surface area contributed by atoms with Gasteiger partial charge in [0.1, 0.15) is 11.4 Å². The van der Waals surface area contributed by atoms with E-state index in [1.165, 1.54) is 5.56 Å². The van der Waals surface area contributed by atoms with Crippen LogP contribution in [0.25, 0.3) is 0 Å². The fraction of sp³-hybridized carbons (Fsp3) is 0.417. The smallest absolute Gasteiger partial charge is 0.322 e. The number of hydrogen-bond acceptors (Lipinski definition) is 5. The van der Waals surface area contributed by atoms with E-state index in [1.807, 2.05) is 18.0 Å². The molecule has 1 aromatic carbocycles. The van der Waals surface area contributed by atoms with Crippen LogP contribution in [0.3, 0.4) is 0 Å². The van der Waals surface area contributed by atoms with Crippen LogP contribution in [-0.4, -0.2) is 53.9 Å². The molecule has 0 aliphatic carbocycles. The van der Waals surface area contributed by atoms with E-state index in [0.717, 1.165) is 30.9 Å². The molecule has 0 saturated carbocycles. The summed E-state index contributed by atoms with van der Waals surface area (Å²) in [6.07, 6.45) is 3.32. The predicted molar refractivity (Wildman–Crippen MR) is 122 cm³/mol. The number of carbonyl (C=O) groups is 3. The third-order valence-corrected chi connectivity index (χ3v) is 6.48. The van der Waals surface area contributed by atoms with Gasteiger partial charge in [0.25, 0.3) is 11.8 Å². The van der Waals surface area contributed by atoms with Gasteiger partial charge in [-0.15, -0.1) is 0 Å². The van der Waals surface area contributed by atoms with Crippen molar-refractivity contribution in [2.45, 2.75) is 39.2 Å². The van der Waals surface area contributed by atoms with Crippen LogP contribution in [0.15, 0.2) is 36.5 Å². The van der Waals surface area contributed by atoms with E-state index in [9.17, 15) is 14.4 Å². The van der Waals surface area contributed by atoms with Crippen LogP contribution in [0.4, 0.5) is 10.6 Å². The first-order valence-corrected chi connectivity index (χ1v) is 11.1. The maximum absolute atomic E-state index is 13.0. The molecule has 2 aliphatic rings. The number of aryl methyl sites for hydroxylation is 2. The Kier molecular flexibility index (Phi) is 5.86. The molecule has 168 valence electrons. The SMILES string of the molecule is CCc1cnc(N2CCN(C(=O)c3ccc([C@]4(CC)NC(=O)NC4=O)cc3)CC2)c(C)c1. The first-order valence-electron chi connectivity index (χ1n) is 11.1. The molecule has 0 radical (unpaired) electrons. The third-order valence-electron chi connectivity index (χ3n) is 6.48. The number of urea groups is 1. The van der Waals surface area contributed by atoms with Crippen molar-refractivity contribution in [1.82, 2.24) is 20.5 Å². The Morgan fingerprint density at radius 2 is 1.78 bits per heavy atom. The number of hydrogen-bond donors (Lipinski definition) is 2. The number of anilines is 1. The Bertz CT molecular complexity index is 1040. The van der Waals surface area contributed by atoms with Crippen molar-refractivity contribution in [3.05, 3.63) is 58.8 Å². The van der Waals surface area contributed by atoms with Gasteiger partial charge >= 0.3 is 6.03 Å². The van der Waals surface area contributed by atoms with E-state index in [2.05, 4.69) is 40.4 Å². The molecule has 0 spiro atoms. The molecule has 0 bridgehead atoms. The fourth-order valence-corrected chi connectivity index (χ4v) is 4.50. The van der Waals surface area contributed by atoms with Crippen molar-refractivity contribution in [3.8, 4) is 0 Å². The Labute approximate surface area is 188 Å². The summed E-state index contributed by atoms with van der Waals surface area (Å²) in [4.78, 5) is 45.7. The number of carbonyl (C=O) groups excluding carboxylic acids is 3. The van der Waals surface area contributed by atoms with E-state index in [4.69, 9.17) is 0 Å². The number of rotatable bonds is 5. The lowest BCUT2D eigenvalue weighted by Gasteiger charge is -2.36. The summed E-state index contributed by atoms with van der Waals surface area (Å²) >= 11 is 0. The summed E-state index contributed by atoms with van der Waals surface area (Å²) in [5.74, 6) is 0.587. The summed E-state index contributed by atoms with van der Waals surface area (Å²) in [6, 6.07) is 8.64. The standard InChI is InChI=1S/C24H29N5O3/c1-4-17-14-16(3)20(25-15-17)28-10-12-29(13-11-28)21(30)18-6-8-19(9-7-18)24(5-2)22(31)26-23(32)27-24/h6-9,14-15H,4-5,10-13H2,1-3H3,(H2,26,27,31,32)/t24-/m0/s1. The lowest BCUT2D eigenvalue weighted by molar-refractivity contribution is -0.124. The van der Waals surface area contributed by atoms with Gasteiger partial charge in [0.2, 0.25) is 0 Å². The molecular weight excluding hydrogens is 406 g/mol. The lowest BCUT2D eigenvalue weighted by atomic mass is 9.87. The number of amides is 4. The largest absolute Gasteiger partial charge is 0.353 e. The van der Waals surface area contributed by atoms with Crippen LogP contribution in [0.5, 0.6) is 0 Å². The van der Waals surface area contributed by atoms with Crippen LogP contribution in [0.1, 0.15) is 47.3 Å². The van der Waals surface area contributed by atoms with Gasteiger partial charge in [-0.1, -0.05) is 32.0 Å². The van der Waals surface area contributed by atoms with Gasteiger partial charge in [-0.3, -0.25) is 14.9 Å². The van der Waals surface area contributed by atoms with E-state index >= 15 is 0 Å². The molecule has 8 nitrogen and oxygen atoms in total. The molecule has 3 heterocycles. The van der Waals surface area contributed by atoms with Gasteiger partial charge in [0.15, 0.2) is 0 Å². The number of pyridine rings is 1. The fourth-order valence-electron chi connectivity index (χ4n) is 4.50. The highest BCUT2D eigenvalue weighted by Crippen LogP contribution is 2.29. The predicted octanol–water partition coefficient (Wildman–Crippen LogP) is 2.36. The Morgan fingerprint density at radius 1 is 1.09 bits per heavy atom. The highest BCUT2D eigenvalue weighted by molar-refractivity contribution is 6.07. The Hall–Kier alpha value is -3.42. The highest BCUT2D eigenvalue weighted by Gasteiger charge is 2.46. The van der Waals surface area contributed by atoms with Crippen molar-refractivity contribution in [1.29, 1.82) is 0 Å². The minimum atomic E-state index is -1.08. The zero-order valence-electron chi connectivity index (χ0n) is 18.8. The maximum Gasteiger partial charge on any atom is 0.322 e. The Morgan fingerprint density at radius 3 is 2.31 bits per heavy atom. The summed E-state index contributed by atoms with van der Waals surface area (Å²) in [5.41, 5.74) is 2.54. The minimum absolute atomic E-state index is 0.0346. The first kappa shape index (κ1) is 21.8. The van der Waals surface area contributed by atoms with E-state index in [0.29, 0.717) is 30.6 Å². The lowest BCUT2D eigenvalue weighted by Crippen LogP contribution is -2.49. The van der Waals surface area contributed by atoms with Crippen molar-refractivity contribution in [3.63, 3.8) is 0 Å². The van der Waals surface area contributed by atoms with Crippen LogP contribution in [0.2, 0.25) is 0 Å². The van der Waals surface area contributed by atoms with E-state index in [1.54, 1.807) is 24.3 Å². The van der Waals surface area contributed by atoms with Gasteiger partial charge in [0, 0.05) is 37.9 Å². The number of nitrogens with one attached hydrogen (secondary N) is 2. The second kappa shape index (κ2) is 8.61. The molecule has 1 aromatic heterocycles. The quantitative estimate of drug-likeness (QED) is 0.703. The van der Waals surface area contributed by atoms with Crippen LogP contribution < -0.4 is 15.5 Å².